The molecule has 8 atom stereocenters. The number of carbonyl (C=O) groups excluding carboxylic acids is 3. The molecule has 5 aliphatic carbocycles. The molecule has 0 amide bonds. The summed E-state index contributed by atoms with van der Waals surface area (Å²) in [6.45, 7) is 13.7. The maximum absolute atomic E-state index is 13.1. The number of hydrogen-bond donors (Lipinski definition) is 0. The average Bonchev–Trinajstić information content (AvgIpc) is 2.81. The van der Waals surface area contributed by atoms with Crippen molar-refractivity contribution in [2.24, 2.45) is 34.0 Å². The first kappa shape index (κ1) is 25.0. The Hall–Kier alpha value is -2.11. The fourth-order valence-corrected chi connectivity index (χ4v) is 8.49. The van der Waals surface area contributed by atoms with Gasteiger partial charge < -0.3 is 14.2 Å². The Bertz CT molecular complexity index is 935. The summed E-state index contributed by atoms with van der Waals surface area (Å²) in [4.78, 5) is 38.4. The van der Waals surface area contributed by atoms with Crippen molar-refractivity contribution in [1.29, 1.82) is 0 Å². The van der Waals surface area contributed by atoms with Gasteiger partial charge in [0.15, 0.2) is 0 Å². The van der Waals surface area contributed by atoms with Gasteiger partial charge in [-0.1, -0.05) is 26.0 Å². The molecule has 0 heterocycles. The van der Waals surface area contributed by atoms with Crippen molar-refractivity contribution >= 4 is 17.9 Å². The molecule has 6 nitrogen and oxygen atoms in total. The summed E-state index contributed by atoms with van der Waals surface area (Å²) in [6, 6.07) is 0. The summed E-state index contributed by atoms with van der Waals surface area (Å²) in [7, 11) is 1.46. The van der Waals surface area contributed by atoms with Crippen molar-refractivity contribution in [3.05, 3.63) is 23.8 Å². The molecule has 5 saturated carbocycles. The predicted molar refractivity (Wildman–Crippen MR) is 127 cm³/mol. The molecule has 0 aromatic rings. The van der Waals surface area contributed by atoms with Crippen LogP contribution in [0.25, 0.3) is 0 Å². The molecule has 34 heavy (non-hydrogen) atoms. The van der Waals surface area contributed by atoms with Crippen LogP contribution in [0.15, 0.2) is 23.8 Å². The van der Waals surface area contributed by atoms with Crippen LogP contribution in [0.5, 0.6) is 0 Å². The first-order chi connectivity index (χ1) is 16.0. The van der Waals surface area contributed by atoms with E-state index in [1.807, 2.05) is 13.8 Å². The van der Waals surface area contributed by atoms with Crippen LogP contribution in [-0.4, -0.2) is 37.2 Å². The molecule has 0 radical (unpaired) electrons. The van der Waals surface area contributed by atoms with Crippen LogP contribution in [0, 0.1) is 34.0 Å². The highest BCUT2D eigenvalue weighted by Crippen LogP contribution is 2.73. The standard InChI is InChI=1S/C28H40O6/c1-8-16(2)24(30)34-22-15-20-26(5,11-9-12-27(20,6)25(31)32-7)21-14-19-10-13-28(21,22)23(17(19)3)33-18(4)29/h8,19-23H,3,9-15H2,1-2,4-7H3/b16-8-/t19-,20+,21+,22+,23-,26+,27-,28+/m1/s1. The van der Waals surface area contributed by atoms with E-state index in [0.29, 0.717) is 12.0 Å². The molecule has 188 valence electrons. The van der Waals surface area contributed by atoms with Crippen LogP contribution in [0.2, 0.25) is 0 Å². The summed E-state index contributed by atoms with van der Waals surface area (Å²) < 4.78 is 17.6. The second-order valence-electron chi connectivity index (χ2n) is 11.6. The highest BCUT2D eigenvalue weighted by molar-refractivity contribution is 5.87. The number of methoxy groups -OCH3 is 1. The zero-order valence-electron chi connectivity index (χ0n) is 21.6. The Balaban J connectivity index is 1.87. The SMILES string of the molecule is C=C1[C@@H]2CC[C@]3([C@@H](OC(=O)/C(C)=C\C)C[C@H]4[C@](C)(CCC[C@@]4(C)C(=O)OC)[C@@H]3C2)[C@@H]1OC(C)=O. The number of allylic oxidation sites excluding steroid dienone is 1. The molecule has 2 bridgehead atoms. The Morgan fingerprint density at radius 2 is 1.74 bits per heavy atom. The molecular formula is C28H40O6. The van der Waals surface area contributed by atoms with Crippen molar-refractivity contribution in [3.8, 4) is 0 Å². The number of carbonyl (C=O) groups is 3. The zero-order valence-corrected chi connectivity index (χ0v) is 21.6. The van der Waals surface area contributed by atoms with E-state index in [1.54, 1.807) is 13.0 Å². The fourth-order valence-electron chi connectivity index (χ4n) is 8.49. The smallest absolute Gasteiger partial charge is 0.333 e. The van der Waals surface area contributed by atoms with Crippen LogP contribution < -0.4 is 0 Å². The number of ether oxygens (including phenoxy) is 3. The fraction of sp³-hybridized carbons (Fsp3) is 0.750. The van der Waals surface area contributed by atoms with Gasteiger partial charge in [-0.15, -0.1) is 0 Å². The van der Waals surface area contributed by atoms with Crippen LogP contribution in [-0.2, 0) is 28.6 Å². The molecular weight excluding hydrogens is 432 g/mol. The lowest BCUT2D eigenvalue weighted by Gasteiger charge is -2.70. The third-order valence-electron chi connectivity index (χ3n) is 10.2. The minimum atomic E-state index is -0.645. The highest BCUT2D eigenvalue weighted by atomic mass is 16.6. The van der Waals surface area contributed by atoms with Crippen molar-refractivity contribution in [2.75, 3.05) is 7.11 Å². The van der Waals surface area contributed by atoms with E-state index in [4.69, 9.17) is 14.2 Å². The van der Waals surface area contributed by atoms with E-state index in [0.717, 1.165) is 44.1 Å². The van der Waals surface area contributed by atoms with E-state index >= 15 is 0 Å². The largest absolute Gasteiger partial charge is 0.469 e. The van der Waals surface area contributed by atoms with Gasteiger partial charge in [-0.25, -0.2) is 4.79 Å². The summed E-state index contributed by atoms with van der Waals surface area (Å²) in [6.07, 6.45) is 6.77. The Labute approximate surface area is 203 Å². The van der Waals surface area contributed by atoms with Crippen molar-refractivity contribution in [1.82, 2.24) is 0 Å². The van der Waals surface area contributed by atoms with E-state index < -0.39 is 23.0 Å². The van der Waals surface area contributed by atoms with Crippen LogP contribution in [0.3, 0.4) is 0 Å². The Morgan fingerprint density at radius 1 is 1.03 bits per heavy atom. The monoisotopic (exact) mass is 472 g/mol. The molecule has 5 aliphatic rings. The lowest BCUT2D eigenvalue weighted by Crippen LogP contribution is -2.71. The molecule has 5 rings (SSSR count). The minimum Gasteiger partial charge on any atom is -0.469 e. The van der Waals surface area contributed by atoms with E-state index in [-0.39, 0.29) is 41.1 Å². The van der Waals surface area contributed by atoms with Crippen LogP contribution >= 0.6 is 0 Å². The average molecular weight is 473 g/mol. The third-order valence-corrected chi connectivity index (χ3v) is 10.2. The van der Waals surface area contributed by atoms with Gasteiger partial charge in [0.1, 0.15) is 12.2 Å². The van der Waals surface area contributed by atoms with Gasteiger partial charge in [0.25, 0.3) is 0 Å². The predicted octanol–water partition coefficient (Wildman–Crippen LogP) is 5.16. The van der Waals surface area contributed by atoms with Crippen molar-refractivity contribution in [2.45, 2.75) is 91.8 Å². The topological polar surface area (TPSA) is 78.9 Å². The lowest BCUT2D eigenvalue weighted by molar-refractivity contribution is -0.260. The van der Waals surface area contributed by atoms with E-state index in [2.05, 4.69) is 13.5 Å². The van der Waals surface area contributed by atoms with Crippen LogP contribution in [0.4, 0.5) is 0 Å². The number of fused-ring (bicyclic) bond motifs is 3. The minimum absolute atomic E-state index is 0.00568. The van der Waals surface area contributed by atoms with Crippen molar-refractivity contribution in [3.63, 3.8) is 0 Å². The van der Waals surface area contributed by atoms with E-state index in [1.165, 1.54) is 14.0 Å². The molecule has 1 spiro atoms. The molecule has 6 heteroatoms. The van der Waals surface area contributed by atoms with Gasteiger partial charge in [-0.3, -0.25) is 9.59 Å². The van der Waals surface area contributed by atoms with Crippen LogP contribution in [0.1, 0.15) is 79.6 Å². The molecule has 0 unspecified atom stereocenters. The second-order valence-corrected chi connectivity index (χ2v) is 11.6. The van der Waals surface area contributed by atoms with Gasteiger partial charge in [-0.05, 0) is 88.0 Å². The van der Waals surface area contributed by atoms with Gasteiger partial charge >= 0.3 is 17.9 Å². The molecule has 0 aliphatic heterocycles. The zero-order chi connectivity index (χ0) is 25.1. The Morgan fingerprint density at radius 3 is 2.35 bits per heavy atom. The summed E-state index contributed by atoms with van der Waals surface area (Å²) in [5.41, 5.74) is 0.176. The summed E-state index contributed by atoms with van der Waals surface area (Å²) in [5.74, 6) is -0.439. The molecule has 0 saturated heterocycles. The van der Waals surface area contributed by atoms with E-state index in [9.17, 15) is 14.4 Å². The summed E-state index contributed by atoms with van der Waals surface area (Å²) in [5, 5.41) is 0. The molecule has 0 N–H and O–H groups in total. The first-order valence-electron chi connectivity index (χ1n) is 12.7. The Kier molecular flexibility index (Phi) is 6.27. The first-order valence-corrected chi connectivity index (χ1v) is 12.7. The number of esters is 3. The maximum atomic E-state index is 13.1. The van der Waals surface area contributed by atoms with Gasteiger partial charge in [0.05, 0.1) is 17.9 Å². The lowest BCUT2D eigenvalue weighted by atomic mass is 9.35. The summed E-state index contributed by atoms with van der Waals surface area (Å²) >= 11 is 0. The quantitative estimate of drug-likeness (QED) is 0.243. The van der Waals surface area contributed by atoms with Gasteiger partial charge in [0, 0.05) is 12.5 Å². The van der Waals surface area contributed by atoms with Gasteiger partial charge in [-0.2, -0.15) is 0 Å². The number of hydrogen-bond acceptors (Lipinski definition) is 6. The number of rotatable bonds is 4. The molecule has 0 aromatic carbocycles. The molecule has 5 fully saturated rings. The normalized spacial score (nSPS) is 43.4. The highest BCUT2D eigenvalue weighted by Gasteiger charge is 2.72. The van der Waals surface area contributed by atoms with Gasteiger partial charge in [0.2, 0.25) is 0 Å². The maximum Gasteiger partial charge on any atom is 0.333 e. The third kappa shape index (κ3) is 3.38. The van der Waals surface area contributed by atoms with Crippen molar-refractivity contribution < 1.29 is 28.6 Å². The molecule has 0 aromatic heterocycles. The second kappa shape index (κ2) is 8.53.